The Balaban J connectivity index is 1.73. The number of nitrogens with zero attached hydrogens (tertiary/aromatic N) is 1. The molecule has 0 aliphatic carbocycles. The molecule has 0 amide bonds. The third-order valence-electron chi connectivity index (χ3n) is 4.70. The van der Waals surface area contributed by atoms with Gasteiger partial charge in [0.05, 0.1) is 24.4 Å². The molecular formula is C16H21NO4. The first-order valence-corrected chi connectivity index (χ1v) is 7.46. The van der Waals surface area contributed by atoms with Crippen LogP contribution in [0.1, 0.15) is 29.6 Å². The lowest BCUT2D eigenvalue weighted by Gasteiger charge is -2.40. The fraction of sp³-hybridized carbons (Fsp3) is 0.562. The first-order chi connectivity index (χ1) is 10.1. The Bertz CT molecular complexity index is 506. The number of hydrogen-bond donors (Lipinski definition) is 3. The van der Waals surface area contributed by atoms with Crippen LogP contribution in [0, 0.1) is 0 Å². The Morgan fingerprint density at radius 3 is 2.52 bits per heavy atom. The molecule has 3 N–H and O–H groups in total. The zero-order chi connectivity index (χ0) is 15.0. The Hall–Kier alpha value is -1.27. The van der Waals surface area contributed by atoms with E-state index in [9.17, 15) is 20.1 Å². The molecule has 1 aromatic rings. The Kier molecular flexibility index (Phi) is 4.08. The maximum absolute atomic E-state index is 12.3. The topological polar surface area (TPSA) is 81.0 Å². The fourth-order valence-corrected chi connectivity index (χ4v) is 3.59. The van der Waals surface area contributed by atoms with Crippen LogP contribution in [0.25, 0.3) is 0 Å². The van der Waals surface area contributed by atoms with Crippen molar-refractivity contribution in [1.82, 2.24) is 4.90 Å². The first kappa shape index (κ1) is 14.7. The second-order valence-electron chi connectivity index (χ2n) is 6.04. The van der Waals surface area contributed by atoms with Crippen LogP contribution in [-0.2, 0) is 0 Å². The van der Waals surface area contributed by atoms with Gasteiger partial charge >= 0.3 is 0 Å². The van der Waals surface area contributed by atoms with Gasteiger partial charge in [0, 0.05) is 24.6 Å². The lowest BCUT2D eigenvalue weighted by Crippen LogP contribution is -2.53. The maximum atomic E-state index is 12.3. The zero-order valence-electron chi connectivity index (χ0n) is 11.8. The van der Waals surface area contributed by atoms with Crippen LogP contribution >= 0.6 is 0 Å². The summed E-state index contributed by atoms with van der Waals surface area (Å²) in [4.78, 5) is 14.2. The van der Waals surface area contributed by atoms with Crippen LogP contribution < -0.4 is 0 Å². The van der Waals surface area contributed by atoms with E-state index in [4.69, 9.17) is 0 Å². The van der Waals surface area contributed by atoms with E-state index >= 15 is 0 Å². The minimum absolute atomic E-state index is 0.0297. The van der Waals surface area contributed by atoms with Crippen molar-refractivity contribution in [2.24, 2.45) is 0 Å². The second-order valence-corrected chi connectivity index (χ2v) is 6.04. The normalized spacial score (nSPS) is 36.4. The molecule has 5 nitrogen and oxygen atoms in total. The highest BCUT2D eigenvalue weighted by Gasteiger charge is 2.49. The molecule has 2 aliphatic heterocycles. The van der Waals surface area contributed by atoms with Gasteiger partial charge in [-0.1, -0.05) is 30.3 Å². The SMILES string of the molecule is O=C(C[C@@H]1CC[C@@H](O)[C@@H]2[C@H](O)[C@H](O)CN12)c1ccccc1. The second kappa shape index (κ2) is 5.85. The highest BCUT2D eigenvalue weighted by atomic mass is 16.3. The lowest BCUT2D eigenvalue weighted by atomic mass is 9.89. The number of aliphatic hydroxyl groups is 3. The molecule has 0 bridgehead atoms. The third-order valence-corrected chi connectivity index (χ3v) is 4.70. The van der Waals surface area contributed by atoms with Gasteiger partial charge in [-0.05, 0) is 12.8 Å². The highest BCUT2D eigenvalue weighted by Crippen LogP contribution is 2.33. The number of fused-ring (bicyclic) bond motifs is 1. The molecule has 2 heterocycles. The van der Waals surface area contributed by atoms with Gasteiger partial charge in [-0.2, -0.15) is 0 Å². The summed E-state index contributed by atoms with van der Waals surface area (Å²) in [5.74, 6) is 0.0617. The monoisotopic (exact) mass is 291 g/mol. The van der Waals surface area contributed by atoms with Crippen molar-refractivity contribution in [3.05, 3.63) is 35.9 Å². The summed E-state index contributed by atoms with van der Waals surface area (Å²) in [7, 11) is 0. The van der Waals surface area contributed by atoms with E-state index in [1.165, 1.54) is 0 Å². The summed E-state index contributed by atoms with van der Waals surface area (Å²) in [6, 6.07) is 8.65. The van der Waals surface area contributed by atoms with E-state index in [0.29, 0.717) is 31.4 Å². The molecule has 0 saturated carbocycles. The van der Waals surface area contributed by atoms with Gasteiger partial charge in [-0.3, -0.25) is 9.69 Å². The molecule has 3 rings (SSSR count). The molecule has 114 valence electrons. The molecule has 0 radical (unpaired) electrons. The molecule has 1 aromatic carbocycles. The van der Waals surface area contributed by atoms with Crippen LogP contribution in [0.15, 0.2) is 30.3 Å². The van der Waals surface area contributed by atoms with Gasteiger partial charge in [0.25, 0.3) is 0 Å². The van der Waals surface area contributed by atoms with Crippen molar-refractivity contribution in [2.45, 2.75) is 49.7 Å². The number of carbonyl (C=O) groups is 1. The minimum Gasteiger partial charge on any atom is -0.391 e. The molecule has 21 heavy (non-hydrogen) atoms. The molecule has 2 aliphatic rings. The van der Waals surface area contributed by atoms with Crippen molar-refractivity contribution in [2.75, 3.05) is 6.54 Å². The summed E-state index contributed by atoms with van der Waals surface area (Å²) in [6.45, 7) is 0.315. The molecule has 0 spiro atoms. The quantitative estimate of drug-likeness (QED) is 0.693. The first-order valence-electron chi connectivity index (χ1n) is 7.46. The molecule has 2 saturated heterocycles. The molecule has 0 unspecified atom stereocenters. The number of benzene rings is 1. The summed E-state index contributed by atoms with van der Waals surface area (Å²) in [5.41, 5.74) is 0.681. The van der Waals surface area contributed by atoms with E-state index in [1.54, 1.807) is 12.1 Å². The minimum atomic E-state index is -0.936. The van der Waals surface area contributed by atoms with E-state index < -0.39 is 24.4 Å². The van der Waals surface area contributed by atoms with Crippen LogP contribution in [0.2, 0.25) is 0 Å². The average Bonchev–Trinajstić information content (AvgIpc) is 2.80. The van der Waals surface area contributed by atoms with Gasteiger partial charge < -0.3 is 15.3 Å². The molecule has 2 fully saturated rings. The smallest absolute Gasteiger partial charge is 0.164 e. The summed E-state index contributed by atoms with van der Waals surface area (Å²) in [5, 5.41) is 29.9. The molecule has 0 aromatic heterocycles. The predicted octanol–water partition coefficient (Wildman–Crippen LogP) is 0.189. The average molecular weight is 291 g/mol. The zero-order valence-corrected chi connectivity index (χ0v) is 11.8. The van der Waals surface area contributed by atoms with Crippen LogP contribution in [-0.4, -0.2) is 62.9 Å². The number of Topliss-reactive ketones (excluding diaryl/α,β-unsaturated/α-hetero) is 1. The molecule has 5 heteroatoms. The lowest BCUT2D eigenvalue weighted by molar-refractivity contribution is -0.0453. The Morgan fingerprint density at radius 1 is 1.10 bits per heavy atom. The summed E-state index contributed by atoms with van der Waals surface area (Å²) < 4.78 is 0. The van der Waals surface area contributed by atoms with Crippen molar-refractivity contribution in [1.29, 1.82) is 0 Å². The largest absolute Gasteiger partial charge is 0.391 e. The number of rotatable bonds is 3. The summed E-state index contributed by atoms with van der Waals surface area (Å²) >= 11 is 0. The Morgan fingerprint density at radius 2 is 1.81 bits per heavy atom. The third kappa shape index (κ3) is 2.74. The van der Waals surface area contributed by atoms with Crippen molar-refractivity contribution < 1.29 is 20.1 Å². The van der Waals surface area contributed by atoms with Gasteiger partial charge in [0.1, 0.15) is 0 Å². The number of piperidine rings is 1. The van der Waals surface area contributed by atoms with Gasteiger partial charge in [-0.25, -0.2) is 0 Å². The standard InChI is InChI=1S/C16H21NO4/c18-12-7-6-11(17-9-14(20)16(21)15(12)17)8-13(19)10-4-2-1-3-5-10/h1-5,11-12,14-16,18,20-21H,6-9H2/t11-,12+,14+,15+,16+/m0/s1. The van der Waals surface area contributed by atoms with E-state index in [1.807, 2.05) is 23.1 Å². The number of ketones is 1. The van der Waals surface area contributed by atoms with E-state index in [-0.39, 0.29) is 11.8 Å². The predicted molar refractivity (Wildman–Crippen MR) is 76.9 cm³/mol. The number of aliphatic hydroxyl groups excluding tert-OH is 3. The molecule has 5 atom stereocenters. The Labute approximate surface area is 123 Å². The maximum Gasteiger partial charge on any atom is 0.164 e. The van der Waals surface area contributed by atoms with Gasteiger partial charge in [0.15, 0.2) is 5.78 Å². The highest BCUT2D eigenvalue weighted by molar-refractivity contribution is 5.96. The van der Waals surface area contributed by atoms with Crippen LogP contribution in [0.4, 0.5) is 0 Å². The summed E-state index contributed by atoms with van der Waals surface area (Å²) in [6.07, 6.45) is -0.813. The van der Waals surface area contributed by atoms with E-state index in [2.05, 4.69) is 0 Å². The number of carbonyl (C=O) groups excluding carboxylic acids is 1. The van der Waals surface area contributed by atoms with Crippen molar-refractivity contribution in [3.8, 4) is 0 Å². The number of hydrogen-bond acceptors (Lipinski definition) is 5. The fourth-order valence-electron chi connectivity index (χ4n) is 3.59. The van der Waals surface area contributed by atoms with E-state index in [0.717, 1.165) is 0 Å². The molecular weight excluding hydrogens is 270 g/mol. The van der Waals surface area contributed by atoms with Crippen molar-refractivity contribution in [3.63, 3.8) is 0 Å². The van der Waals surface area contributed by atoms with Crippen molar-refractivity contribution >= 4 is 5.78 Å². The van der Waals surface area contributed by atoms with Gasteiger partial charge in [-0.15, -0.1) is 0 Å². The van der Waals surface area contributed by atoms with Gasteiger partial charge in [0.2, 0.25) is 0 Å². The van der Waals surface area contributed by atoms with Crippen LogP contribution in [0.3, 0.4) is 0 Å². The van der Waals surface area contributed by atoms with Crippen LogP contribution in [0.5, 0.6) is 0 Å².